The molecule has 19 heavy (non-hydrogen) atoms. The van der Waals surface area contributed by atoms with Crippen LogP contribution in [0.25, 0.3) is 0 Å². The van der Waals surface area contributed by atoms with Crippen LogP contribution < -0.4 is 10.6 Å². The monoisotopic (exact) mass is 304 g/mol. The van der Waals surface area contributed by atoms with E-state index in [9.17, 15) is 9.18 Å². The first-order valence-electron chi connectivity index (χ1n) is 5.95. The molecule has 1 aliphatic rings. The molecule has 0 aromatic heterocycles. The average molecular weight is 305 g/mol. The average Bonchev–Trinajstić information content (AvgIpc) is 2.86. The lowest BCUT2D eigenvalue weighted by Gasteiger charge is -2.17. The van der Waals surface area contributed by atoms with Crippen LogP contribution in [0.1, 0.15) is 24.1 Å². The van der Waals surface area contributed by atoms with Gasteiger partial charge in [-0.05, 0) is 31.0 Å². The van der Waals surface area contributed by atoms with Crippen LogP contribution in [0.2, 0.25) is 0 Å². The summed E-state index contributed by atoms with van der Waals surface area (Å²) in [5.41, 5.74) is 1.41. The highest BCUT2D eigenvalue weighted by atomic mass is 35.5. The lowest BCUT2D eigenvalue weighted by molar-refractivity contribution is -0.123. The van der Waals surface area contributed by atoms with Crippen LogP contribution in [0.5, 0.6) is 0 Å². The van der Waals surface area contributed by atoms with Crippen molar-refractivity contribution in [3.05, 3.63) is 35.1 Å². The van der Waals surface area contributed by atoms with Crippen molar-refractivity contribution in [2.45, 2.75) is 25.9 Å². The van der Waals surface area contributed by atoms with Gasteiger partial charge in [0.25, 0.3) is 0 Å². The Labute approximate surface area is 123 Å². The molecule has 0 radical (unpaired) electrons. The van der Waals surface area contributed by atoms with Crippen LogP contribution in [-0.2, 0) is 4.79 Å². The molecule has 106 valence electrons. The SMILES string of the molecule is Cc1ccc(C(C)NC(=O)C2CSCN2)cc1F.Cl. The fourth-order valence-electron chi connectivity index (χ4n) is 1.84. The number of thioether (sulfide) groups is 1. The van der Waals surface area contributed by atoms with E-state index in [1.165, 1.54) is 6.07 Å². The fourth-order valence-corrected chi connectivity index (χ4v) is 2.78. The summed E-state index contributed by atoms with van der Waals surface area (Å²) < 4.78 is 13.4. The van der Waals surface area contributed by atoms with Crippen LogP contribution >= 0.6 is 24.2 Å². The number of carbonyl (C=O) groups excluding carboxylic acids is 1. The molecular weight excluding hydrogens is 287 g/mol. The highest BCUT2D eigenvalue weighted by molar-refractivity contribution is 7.99. The number of aryl methyl sites for hydroxylation is 1. The van der Waals surface area contributed by atoms with Crippen LogP contribution in [0.4, 0.5) is 4.39 Å². The lowest BCUT2D eigenvalue weighted by atomic mass is 10.1. The summed E-state index contributed by atoms with van der Waals surface area (Å²) in [5, 5.41) is 6.01. The second kappa shape index (κ2) is 7.12. The Morgan fingerprint density at radius 1 is 1.58 bits per heavy atom. The number of rotatable bonds is 3. The Balaban J connectivity index is 0.00000180. The quantitative estimate of drug-likeness (QED) is 0.901. The zero-order chi connectivity index (χ0) is 13.1. The number of benzene rings is 1. The molecule has 1 saturated heterocycles. The normalized spacial score (nSPS) is 19.6. The van der Waals surface area contributed by atoms with Crippen molar-refractivity contribution in [3.8, 4) is 0 Å². The smallest absolute Gasteiger partial charge is 0.238 e. The maximum Gasteiger partial charge on any atom is 0.238 e. The molecule has 2 N–H and O–H groups in total. The van der Waals surface area contributed by atoms with Gasteiger partial charge in [0, 0.05) is 11.6 Å². The summed E-state index contributed by atoms with van der Waals surface area (Å²) in [6, 6.07) is 4.75. The minimum atomic E-state index is -0.233. The summed E-state index contributed by atoms with van der Waals surface area (Å²) in [6.07, 6.45) is 0. The third kappa shape index (κ3) is 4.09. The Morgan fingerprint density at radius 3 is 2.89 bits per heavy atom. The van der Waals surface area contributed by atoms with Crippen molar-refractivity contribution < 1.29 is 9.18 Å². The molecule has 2 atom stereocenters. The van der Waals surface area contributed by atoms with Crippen LogP contribution in [0, 0.1) is 12.7 Å². The summed E-state index contributed by atoms with van der Waals surface area (Å²) >= 11 is 1.71. The Kier molecular flexibility index (Phi) is 6.10. The zero-order valence-electron chi connectivity index (χ0n) is 10.9. The van der Waals surface area contributed by atoms with Crippen LogP contribution in [0.15, 0.2) is 18.2 Å². The van der Waals surface area contributed by atoms with Gasteiger partial charge in [0.15, 0.2) is 0 Å². The maximum absolute atomic E-state index is 13.4. The van der Waals surface area contributed by atoms with Crippen LogP contribution in [0.3, 0.4) is 0 Å². The van der Waals surface area contributed by atoms with Crippen LogP contribution in [-0.4, -0.2) is 23.6 Å². The van der Waals surface area contributed by atoms with E-state index in [0.29, 0.717) is 5.56 Å². The largest absolute Gasteiger partial charge is 0.348 e. The highest BCUT2D eigenvalue weighted by Crippen LogP contribution is 2.17. The highest BCUT2D eigenvalue weighted by Gasteiger charge is 2.23. The first-order chi connectivity index (χ1) is 8.58. The first-order valence-corrected chi connectivity index (χ1v) is 7.11. The van der Waals surface area contributed by atoms with E-state index in [1.54, 1.807) is 24.8 Å². The van der Waals surface area contributed by atoms with Gasteiger partial charge in [-0.3, -0.25) is 10.1 Å². The Bertz CT molecular complexity index is 452. The van der Waals surface area contributed by atoms with Crippen molar-refractivity contribution in [2.24, 2.45) is 0 Å². The van der Waals surface area contributed by atoms with Gasteiger partial charge in [-0.2, -0.15) is 0 Å². The molecule has 0 aliphatic carbocycles. The fraction of sp³-hybridized carbons (Fsp3) is 0.462. The van der Waals surface area contributed by atoms with Crippen molar-refractivity contribution >= 4 is 30.1 Å². The molecule has 3 nitrogen and oxygen atoms in total. The molecule has 2 unspecified atom stereocenters. The summed E-state index contributed by atoms with van der Waals surface area (Å²) in [5.74, 6) is 1.35. The molecule has 1 aliphatic heterocycles. The van der Waals surface area contributed by atoms with E-state index >= 15 is 0 Å². The zero-order valence-corrected chi connectivity index (χ0v) is 12.5. The first kappa shape index (κ1) is 16.3. The molecule has 1 fully saturated rings. The Morgan fingerprint density at radius 2 is 2.32 bits per heavy atom. The predicted octanol–water partition coefficient (Wildman–Crippen LogP) is 2.40. The summed E-state index contributed by atoms with van der Waals surface area (Å²) in [6.45, 7) is 3.59. The van der Waals surface area contributed by atoms with E-state index < -0.39 is 0 Å². The molecule has 2 rings (SSSR count). The number of hydrogen-bond acceptors (Lipinski definition) is 3. The van der Waals surface area contributed by atoms with Gasteiger partial charge in [0.1, 0.15) is 5.82 Å². The van der Waals surface area contributed by atoms with Crippen molar-refractivity contribution in [1.29, 1.82) is 0 Å². The third-order valence-electron chi connectivity index (χ3n) is 3.09. The van der Waals surface area contributed by atoms with Gasteiger partial charge in [-0.15, -0.1) is 24.2 Å². The van der Waals surface area contributed by atoms with Gasteiger partial charge in [-0.1, -0.05) is 12.1 Å². The van der Waals surface area contributed by atoms with Crippen molar-refractivity contribution in [1.82, 2.24) is 10.6 Å². The lowest BCUT2D eigenvalue weighted by Crippen LogP contribution is -2.42. The van der Waals surface area contributed by atoms with E-state index in [4.69, 9.17) is 0 Å². The molecule has 0 spiro atoms. The van der Waals surface area contributed by atoms with Gasteiger partial charge in [0.2, 0.25) is 5.91 Å². The van der Waals surface area contributed by atoms with Gasteiger partial charge in [0.05, 0.1) is 12.1 Å². The minimum absolute atomic E-state index is 0. The Hall–Kier alpha value is -0.780. The van der Waals surface area contributed by atoms with E-state index in [-0.39, 0.29) is 36.2 Å². The number of halogens is 2. The number of carbonyl (C=O) groups is 1. The van der Waals surface area contributed by atoms with Gasteiger partial charge >= 0.3 is 0 Å². The number of hydrogen-bond donors (Lipinski definition) is 2. The maximum atomic E-state index is 13.4. The second-order valence-corrected chi connectivity index (χ2v) is 5.54. The molecular formula is C13H18ClFN2OS. The summed E-state index contributed by atoms with van der Waals surface area (Å²) in [7, 11) is 0. The molecule has 0 bridgehead atoms. The molecule has 0 saturated carbocycles. The van der Waals surface area contributed by atoms with Crippen molar-refractivity contribution in [3.63, 3.8) is 0 Å². The van der Waals surface area contributed by atoms with Crippen molar-refractivity contribution in [2.75, 3.05) is 11.6 Å². The minimum Gasteiger partial charge on any atom is -0.348 e. The van der Waals surface area contributed by atoms with E-state index in [2.05, 4.69) is 10.6 Å². The topological polar surface area (TPSA) is 41.1 Å². The molecule has 1 heterocycles. The summed E-state index contributed by atoms with van der Waals surface area (Å²) in [4.78, 5) is 11.9. The van der Waals surface area contributed by atoms with Gasteiger partial charge < -0.3 is 5.32 Å². The number of amides is 1. The predicted molar refractivity (Wildman–Crippen MR) is 79.2 cm³/mol. The standard InChI is InChI=1S/C13H17FN2OS.ClH/c1-8-3-4-10(5-11(8)14)9(2)16-13(17)12-6-18-7-15-12;/h3-5,9,12,15H,6-7H2,1-2H3,(H,16,17);1H. The van der Waals surface area contributed by atoms with E-state index in [1.807, 2.05) is 13.0 Å². The number of nitrogens with one attached hydrogen (secondary N) is 2. The van der Waals surface area contributed by atoms with E-state index in [0.717, 1.165) is 17.2 Å². The molecule has 6 heteroatoms. The molecule has 1 amide bonds. The molecule has 1 aromatic rings. The van der Waals surface area contributed by atoms with Gasteiger partial charge in [-0.25, -0.2) is 4.39 Å². The third-order valence-corrected chi connectivity index (χ3v) is 4.03. The second-order valence-electron chi connectivity index (χ2n) is 4.51. The molecule has 1 aromatic carbocycles.